The first-order chi connectivity index (χ1) is 8.93. The summed E-state index contributed by atoms with van der Waals surface area (Å²) < 4.78 is 0. The Kier molecular flexibility index (Phi) is 4.64. The summed E-state index contributed by atoms with van der Waals surface area (Å²) in [5.41, 5.74) is 1.40. The van der Waals surface area contributed by atoms with Crippen LogP contribution in [0.4, 0.5) is 0 Å². The minimum absolute atomic E-state index is 0.248. The normalized spacial score (nSPS) is 29.1. The quantitative estimate of drug-likeness (QED) is 0.919. The van der Waals surface area contributed by atoms with Crippen molar-refractivity contribution in [1.82, 2.24) is 15.2 Å². The van der Waals surface area contributed by atoms with Gasteiger partial charge in [-0.25, -0.2) is 4.98 Å². The summed E-state index contributed by atoms with van der Waals surface area (Å²) in [5, 5.41) is 7.15. The highest BCUT2D eigenvalue weighted by molar-refractivity contribution is 7.09. The van der Waals surface area contributed by atoms with E-state index >= 15 is 0 Å². The van der Waals surface area contributed by atoms with Crippen molar-refractivity contribution in [1.29, 1.82) is 0 Å². The molecule has 4 heteroatoms. The minimum Gasteiger partial charge on any atom is -0.309 e. The van der Waals surface area contributed by atoms with E-state index in [2.05, 4.69) is 55.2 Å². The molecule has 3 nitrogen and oxygen atoms in total. The Balaban J connectivity index is 2.11. The van der Waals surface area contributed by atoms with Gasteiger partial charge in [-0.15, -0.1) is 11.3 Å². The molecule has 0 aliphatic carbocycles. The van der Waals surface area contributed by atoms with Gasteiger partial charge in [-0.1, -0.05) is 20.8 Å². The smallest absolute Gasteiger partial charge is 0.107 e. The van der Waals surface area contributed by atoms with E-state index in [-0.39, 0.29) is 5.54 Å². The summed E-state index contributed by atoms with van der Waals surface area (Å²) in [7, 11) is 0. The fourth-order valence-electron chi connectivity index (χ4n) is 2.82. The SMILES string of the molecule is CCC1(C)CN(Cc2nc(C)cs2)C(C(C)C)CN1. The second kappa shape index (κ2) is 5.90. The Morgan fingerprint density at radius 3 is 2.84 bits per heavy atom. The predicted molar refractivity (Wildman–Crippen MR) is 82.6 cm³/mol. The lowest BCUT2D eigenvalue weighted by Crippen LogP contribution is -2.63. The van der Waals surface area contributed by atoms with Crippen LogP contribution >= 0.6 is 11.3 Å². The Labute approximate surface area is 121 Å². The number of thiazole rings is 1. The highest BCUT2D eigenvalue weighted by Crippen LogP contribution is 2.25. The van der Waals surface area contributed by atoms with Crippen LogP contribution in [0.25, 0.3) is 0 Å². The molecule has 0 aromatic carbocycles. The zero-order chi connectivity index (χ0) is 14.0. The number of hydrogen-bond acceptors (Lipinski definition) is 4. The highest BCUT2D eigenvalue weighted by atomic mass is 32.1. The van der Waals surface area contributed by atoms with Crippen LogP contribution in [0.15, 0.2) is 5.38 Å². The first kappa shape index (κ1) is 14.9. The van der Waals surface area contributed by atoms with E-state index in [0.717, 1.165) is 25.3 Å². The van der Waals surface area contributed by atoms with Crippen LogP contribution in [0.1, 0.15) is 44.8 Å². The lowest BCUT2D eigenvalue weighted by Gasteiger charge is -2.47. The zero-order valence-electron chi connectivity index (χ0n) is 12.9. The number of nitrogens with zero attached hydrogens (tertiary/aromatic N) is 2. The van der Waals surface area contributed by atoms with Gasteiger partial charge in [0.15, 0.2) is 0 Å². The topological polar surface area (TPSA) is 28.2 Å². The molecule has 1 aromatic rings. The van der Waals surface area contributed by atoms with Gasteiger partial charge in [0.05, 0.1) is 6.54 Å². The summed E-state index contributed by atoms with van der Waals surface area (Å²) in [6.45, 7) is 14.5. The van der Waals surface area contributed by atoms with Crippen molar-refractivity contribution < 1.29 is 0 Å². The molecule has 1 fully saturated rings. The van der Waals surface area contributed by atoms with Gasteiger partial charge in [0.2, 0.25) is 0 Å². The molecule has 1 N–H and O–H groups in total. The monoisotopic (exact) mass is 281 g/mol. The molecule has 0 amide bonds. The third-order valence-corrected chi connectivity index (χ3v) is 5.27. The van der Waals surface area contributed by atoms with Crippen LogP contribution in [0.5, 0.6) is 0 Å². The number of hydrogen-bond donors (Lipinski definition) is 1. The number of piperazine rings is 1. The molecule has 0 radical (unpaired) electrons. The van der Waals surface area contributed by atoms with Gasteiger partial charge in [-0.3, -0.25) is 4.90 Å². The number of rotatable bonds is 4. The average molecular weight is 281 g/mol. The van der Waals surface area contributed by atoms with Crippen LogP contribution in [0.2, 0.25) is 0 Å². The van der Waals surface area contributed by atoms with E-state index in [4.69, 9.17) is 0 Å². The summed E-state index contributed by atoms with van der Waals surface area (Å²) >= 11 is 1.79. The molecular weight excluding hydrogens is 254 g/mol. The van der Waals surface area contributed by atoms with Crippen molar-refractivity contribution in [2.24, 2.45) is 5.92 Å². The Morgan fingerprint density at radius 2 is 2.32 bits per heavy atom. The second-order valence-electron chi connectivity index (χ2n) is 6.39. The van der Waals surface area contributed by atoms with Crippen molar-refractivity contribution >= 4 is 11.3 Å². The van der Waals surface area contributed by atoms with Crippen LogP contribution in [-0.2, 0) is 6.54 Å². The van der Waals surface area contributed by atoms with Crippen molar-refractivity contribution in [2.75, 3.05) is 13.1 Å². The number of aryl methyl sites for hydroxylation is 1. The fraction of sp³-hybridized carbons (Fsp3) is 0.800. The third kappa shape index (κ3) is 3.56. The molecular formula is C15H27N3S. The minimum atomic E-state index is 0.248. The molecule has 1 aliphatic heterocycles. The van der Waals surface area contributed by atoms with Crippen LogP contribution < -0.4 is 5.32 Å². The lowest BCUT2D eigenvalue weighted by molar-refractivity contribution is 0.0538. The molecule has 2 heterocycles. The predicted octanol–water partition coefficient (Wildman–Crippen LogP) is 3.05. The second-order valence-corrected chi connectivity index (χ2v) is 7.34. The first-order valence-electron chi connectivity index (χ1n) is 7.33. The first-order valence-corrected chi connectivity index (χ1v) is 8.21. The zero-order valence-corrected chi connectivity index (χ0v) is 13.7. The van der Waals surface area contributed by atoms with E-state index < -0.39 is 0 Å². The van der Waals surface area contributed by atoms with Gasteiger partial charge < -0.3 is 5.32 Å². The summed E-state index contributed by atoms with van der Waals surface area (Å²) in [6, 6.07) is 0.615. The number of nitrogens with one attached hydrogen (secondary N) is 1. The molecule has 0 saturated carbocycles. The average Bonchev–Trinajstić information content (AvgIpc) is 2.74. The van der Waals surface area contributed by atoms with E-state index in [1.165, 1.54) is 11.4 Å². The molecule has 1 aromatic heterocycles. The molecule has 1 aliphatic rings. The van der Waals surface area contributed by atoms with Crippen molar-refractivity contribution in [3.05, 3.63) is 16.1 Å². The van der Waals surface area contributed by atoms with Gasteiger partial charge >= 0.3 is 0 Å². The largest absolute Gasteiger partial charge is 0.309 e. The van der Waals surface area contributed by atoms with E-state index in [0.29, 0.717) is 12.0 Å². The molecule has 2 unspecified atom stereocenters. The maximum absolute atomic E-state index is 4.63. The lowest BCUT2D eigenvalue weighted by atomic mass is 9.90. The summed E-state index contributed by atoms with van der Waals surface area (Å²) in [6.07, 6.45) is 1.17. The maximum atomic E-state index is 4.63. The van der Waals surface area contributed by atoms with E-state index in [1.54, 1.807) is 11.3 Å². The summed E-state index contributed by atoms with van der Waals surface area (Å²) in [5.74, 6) is 0.676. The van der Waals surface area contributed by atoms with Crippen LogP contribution in [0.3, 0.4) is 0 Å². The molecule has 0 bridgehead atoms. The van der Waals surface area contributed by atoms with Gasteiger partial charge in [0.1, 0.15) is 5.01 Å². The summed E-state index contributed by atoms with van der Waals surface area (Å²) in [4.78, 5) is 7.26. The van der Waals surface area contributed by atoms with E-state index in [9.17, 15) is 0 Å². The number of aromatic nitrogens is 1. The van der Waals surface area contributed by atoms with Gasteiger partial charge in [0, 0.05) is 35.7 Å². The Hall–Kier alpha value is -0.450. The van der Waals surface area contributed by atoms with Gasteiger partial charge in [0.25, 0.3) is 0 Å². The van der Waals surface area contributed by atoms with Crippen molar-refractivity contribution in [2.45, 2.75) is 59.2 Å². The third-order valence-electron chi connectivity index (χ3n) is 4.31. The van der Waals surface area contributed by atoms with Crippen LogP contribution in [0, 0.1) is 12.8 Å². The van der Waals surface area contributed by atoms with Gasteiger partial charge in [-0.05, 0) is 26.2 Å². The molecule has 2 rings (SSSR count). The molecule has 19 heavy (non-hydrogen) atoms. The van der Waals surface area contributed by atoms with Crippen molar-refractivity contribution in [3.63, 3.8) is 0 Å². The Morgan fingerprint density at radius 1 is 1.58 bits per heavy atom. The van der Waals surface area contributed by atoms with Crippen LogP contribution in [-0.4, -0.2) is 34.6 Å². The fourth-order valence-corrected chi connectivity index (χ4v) is 3.61. The molecule has 0 spiro atoms. The highest BCUT2D eigenvalue weighted by Gasteiger charge is 2.35. The Bertz CT molecular complexity index is 415. The standard InChI is InChI=1S/C15H27N3S/c1-6-15(5)10-18(13(7-16-15)11(2)3)8-14-17-12(4)9-19-14/h9,11,13,16H,6-8,10H2,1-5H3. The van der Waals surface area contributed by atoms with E-state index in [1.807, 2.05) is 0 Å². The molecule has 108 valence electrons. The van der Waals surface area contributed by atoms with Gasteiger partial charge in [-0.2, -0.15) is 0 Å². The van der Waals surface area contributed by atoms with Crippen molar-refractivity contribution in [3.8, 4) is 0 Å². The maximum Gasteiger partial charge on any atom is 0.107 e. The molecule has 1 saturated heterocycles. The molecule has 2 atom stereocenters.